The highest BCUT2D eigenvalue weighted by Crippen LogP contribution is 2.47. The van der Waals surface area contributed by atoms with Gasteiger partial charge in [-0.05, 0) is 61.1 Å². The van der Waals surface area contributed by atoms with Crippen molar-refractivity contribution in [2.24, 2.45) is 5.92 Å². The third-order valence-corrected chi connectivity index (χ3v) is 9.68. The van der Waals surface area contributed by atoms with E-state index in [2.05, 4.69) is 40.0 Å². The van der Waals surface area contributed by atoms with Gasteiger partial charge in [-0.2, -0.15) is 0 Å². The zero-order chi connectivity index (χ0) is 26.5. The number of carbonyl (C=O) groups excluding carboxylic acids is 1. The number of para-hydroxylation sites is 1. The van der Waals surface area contributed by atoms with Crippen molar-refractivity contribution in [3.63, 3.8) is 0 Å². The Hall–Kier alpha value is -3.32. The molecular weight excluding hydrogens is 490 g/mol. The molecule has 0 radical (unpaired) electrons. The largest absolute Gasteiger partial charge is 0.478 e. The molecule has 1 aromatic carbocycles. The monoisotopic (exact) mass is 527 g/mol. The van der Waals surface area contributed by atoms with Gasteiger partial charge in [0.2, 0.25) is 5.91 Å². The van der Waals surface area contributed by atoms with Crippen molar-refractivity contribution in [1.82, 2.24) is 14.5 Å². The van der Waals surface area contributed by atoms with Gasteiger partial charge < -0.3 is 24.3 Å². The predicted molar refractivity (Wildman–Crippen MR) is 150 cm³/mol. The molecule has 2 aromatic heterocycles. The van der Waals surface area contributed by atoms with E-state index in [1.807, 2.05) is 4.90 Å². The molecule has 1 saturated heterocycles. The molecule has 1 unspecified atom stereocenters. The van der Waals surface area contributed by atoms with Gasteiger partial charge in [0.15, 0.2) is 0 Å². The molecule has 0 bridgehead atoms. The molecular formula is C32H37N3O4. The van der Waals surface area contributed by atoms with Crippen molar-refractivity contribution in [2.45, 2.75) is 69.6 Å². The maximum Gasteiger partial charge on any atom is 0.337 e. The first-order chi connectivity index (χ1) is 19.1. The SMILES string of the molecule is O=C(O)c1c[nH]c2c1=Cn1c(cc3cccc(C4CCCCC4)c31)[C@H]1C=2CCCC1CC(=O)N1CCOCC1. The summed E-state index contributed by atoms with van der Waals surface area (Å²) in [5.74, 6) is 0.0510. The summed E-state index contributed by atoms with van der Waals surface area (Å²) in [6.07, 6.45) is 13.4. The lowest BCUT2D eigenvalue weighted by Gasteiger charge is -2.35. The number of fused-ring (bicyclic) bond motifs is 6. The second-order valence-corrected chi connectivity index (χ2v) is 11.8. The van der Waals surface area contributed by atoms with Crippen LogP contribution in [0.25, 0.3) is 22.7 Å². The molecule has 1 amide bonds. The minimum Gasteiger partial charge on any atom is -0.478 e. The summed E-state index contributed by atoms with van der Waals surface area (Å²) in [7, 11) is 0. The van der Waals surface area contributed by atoms with Crippen LogP contribution < -0.4 is 10.6 Å². The van der Waals surface area contributed by atoms with Gasteiger partial charge in [0, 0.05) is 59.5 Å². The number of benzene rings is 1. The number of H-pyrrole nitrogens is 1. The molecule has 0 spiro atoms. The van der Waals surface area contributed by atoms with E-state index in [0.717, 1.165) is 29.8 Å². The molecule has 3 fully saturated rings. The number of aromatic carboxylic acids is 1. The number of carboxylic acids is 1. The smallest absolute Gasteiger partial charge is 0.337 e. The summed E-state index contributed by atoms with van der Waals surface area (Å²) in [4.78, 5) is 31.1. The highest BCUT2D eigenvalue weighted by Gasteiger charge is 2.37. The van der Waals surface area contributed by atoms with Gasteiger partial charge >= 0.3 is 5.97 Å². The second-order valence-electron chi connectivity index (χ2n) is 11.8. The molecule has 39 heavy (non-hydrogen) atoms. The van der Waals surface area contributed by atoms with Gasteiger partial charge in [-0.1, -0.05) is 37.5 Å². The zero-order valence-corrected chi connectivity index (χ0v) is 22.5. The van der Waals surface area contributed by atoms with Crippen molar-refractivity contribution in [1.29, 1.82) is 0 Å². The van der Waals surface area contributed by atoms with Gasteiger partial charge in [-0.15, -0.1) is 0 Å². The molecule has 3 aromatic rings. The maximum absolute atomic E-state index is 13.5. The molecule has 4 heterocycles. The Kier molecular flexibility index (Phi) is 6.34. The fourth-order valence-corrected chi connectivity index (χ4v) is 7.84. The quantitative estimate of drug-likeness (QED) is 0.530. The second kappa shape index (κ2) is 10.0. The van der Waals surface area contributed by atoms with Crippen molar-refractivity contribution < 1.29 is 19.4 Å². The number of hydrogen-bond donors (Lipinski definition) is 2. The average molecular weight is 528 g/mol. The van der Waals surface area contributed by atoms with Gasteiger partial charge in [0.1, 0.15) is 0 Å². The first-order valence-corrected chi connectivity index (χ1v) is 14.7. The molecule has 7 heteroatoms. The maximum atomic E-state index is 13.5. The summed E-state index contributed by atoms with van der Waals surface area (Å²) in [5.41, 5.74) is 5.36. The summed E-state index contributed by atoms with van der Waals surface area (Å²) >= 11 is 0. The molecule has 2 saturated carbocycles. The van der Waals surface area contributed by atoms with Crippen LogP contribution in [-0.4, -0.2) is 57.7 Å². The first-order valence-electron chi connectivity index (χ1n) is 14.7. The van der Waals surface area contributed by atoms with E-state index in [1.54, 1.807) is 6.20 Å². The van der Waals surface area contributed by atoms with E-state index in [4.69, 9.17) is 4.74 Å². The number of nitrogens with one attached hydrogen (secondary N) is 1. The fourth-order valence-electron chi connectivity index (χ4n) is 7.84. The lowest BCUT2D eigenvalue weighted by molar-refractivity contribution is -0.136. The molecule has 7 nitrogen and oxygen atoms in total. The number of hydrogen-bond acceptors (Lipinski definition) is 3. The minimum absolute atomic E-state index is 0.0631. The van der Waals surface area contributed by atoms with Crippen LogP contribution in [0.1, 0.15) is 91.2 Å². The molecule has 2 atom stereocenters. The van der Waals surface area contributed by atoms with Crippen LogP contribution in [0.15, 0.2) is 30.5 Å². The van der Waals surface area contributed by atoms with E-state index in [1.165, 1.54) is 59.8 Å². The highest BCUT2D eigenvalue weighted by atomic mass is 16.5. The third-order valence-electron chi connectivity index (χ3n) is 9.68. The number of rotatable bonds is 4. The highest BCUT2D eigenvalue weighted by molar-refractivity contribution is 5.91. The topological polar surface area (TPSA) is 87.6 Å². The van der Waals surface area contributed by atoms with E-state index in [0.29, 0.717) is 44.2 Å². The van der Waals surface area contributed by atoms with Gasteiger partial charge in [-0.3, -0.25) is 4.79 Å². The number of aromatic amines is 1. The number of aromatic nitrogens is 2. The van der Waals surface area contributed by atoms with Gasteiger partial charge in [-0.25, -0.2) is 4.79 Å². The Bertz CT molecular complexity index is 1550. The van der Waals surface area contributed by atoms with Crippen LogP contribution >= 0.6 is 0 Å². The summed E-state index contributed by atoms with van der Waals surface area (Å²) in [6.45, 7) is 2.53. The predicted octanol–water partition coefficient (Wildman–Crippen LogP) is 4.30. The van der Waals surface area contributed by atoms with Gasteiger partial charge in [0.05, 0.1) is 24.3 Å². The zero-order valence-electron chi connectivity index (χ0n) is 22.5. The van der Waals surface area contributed by atoms with Crippen LogP contribution in [0.3, 0.4) is 0 Å². The molecule has 7 rings (SSSR count). The van der Waals surface area contributed by atoms with E-state index < -0.39 is 5.97 Å². The molecule has 2 aliphatic carbocycles. The summed E-state index contributed by atoms with van der Waals surface area (Å²) in [5, 5.41) is 13.0. The molecule has 204 valence electrons. The Labute approximate surface area is 228 Å². The van der Waals surface area contributed by atoms with Gasteiger partial charge in [0.25, 0.3) is 0 Å². The number of morpholine rings is 1. The Morgan fingerprint density at radius 2 is 1.87 bits per heavy atom. The van der Waals surface area contributed by atoms with Crippen molar-refractivity contribution >= 4 is 34.6 Å². The van der Waals surface area contributed by atoms with Crippen LogP contribution in [0, 0.1) is 5.92 Å². The van der Waals surface area contributed by atoms with Crippen LogP contribution in [0.4, 0.5) is 0 Å². The van der Waals surface area contributed by atoms with Crippen molar-refractivity contribution in [2.75, 3.05) is 26.3 Å². The Balaban J connectivity index is 1.42. The number of carbonyl (C=O) groups is 2. The first kappa shape index (κ1) is 24.7. The number of carboxylic acid groups (broad SMARTS) is 1. The Morgan fingerprint density at radius 1 is 1.05 bits per heavy atom. The normalized spacial score (nSPS) is 23.5. The van der Waals surface area contributed by atoms with Crippen LogP contribution in [0.2, 0.25) is 0 Å². The Morgan fingerprint density at radius 3 is 2.67 bits per heavy atom. The molecule has 2 N–H and O–H groups in total. The number of ether oxygens (including phenoxy) is 1. The van der Waals surface area contributed by atoms with Crippen LogP contribution in [-0.2, 0) is 9.53 Å². The van der Waals surface area contributed by atoms with E-state index >= 15 is 0 Å². The summed E-state index contributed by atoms with van der Waals surface area (Å²) in [6, 6.07) is 8.99. The summed E-state index contributed by atoms with van der Waals surface area (Å²) < 4.78 is 7.80. The number of amides is 1. The minimum atomic E-state index is -0.914. The molecule has 2 aliphatic heterocycles. The van der Waals surface area contributed by atoms with E-state index in [-0.39, 0.29) is 17.7 Å². The third kappa shape index (κ3) is 4.22. The fraction of sp³-hybridized carbons (Fsp3) is 0.500. The average Bonchev–Trinajstić information content (AvgIpc) is 3.52. The van der Waals surface area contributed by atoms with Crippen LogP contribution in [0.5, 0.6) is 0 Å². The molecule has 4 aliphatic rings. The standard InChI is InChI=1S/C32H37N3O4/c36-28(34-12-14-39-15-13-34)17-21-8-4-11-24-29(21)27-16-22-9-5-10-23(20-6-2-1-3-7-20)31(22)35(27)19-26-25(32(37)38)18-33-30(24)26/h5,9-10,16,18-21,29,33H,1-4,6-8,11-15,17H2,(H,37,38)/t21?,29-/m1/s1. The van der Waals surface area contributed by atoms with Crippen molar-refractivity contribution in [3.05, 3.63) is 57.9 Å². The number of nitrogens with zero attached hydrogens (tertiary/aromatic N) is 2. The van der Waals surface area contributed by atoms with E-state index in [9.17, 15) is 14.7 Å². The lowest BCUT2D eigenvalue weighted by Crippen LogP contribution is -2.42. The lowest BCUT2D eigenvalue weighted by atomic mass is 9.72. The van der Waals surface area contributed by atoms with Crippen molar-refractivity contribution in [3.8, 4) is 0 Å².